The normalized spacial score (nSPS) is 14.7. The number of rotatable bonds is 16. The highest BCUT2D eigenvalue weighted by atomic mass is 16.4. The number of carbonyl (C=O) groups is 4. The van der Waals surface area contributed by atoms with Gasteiger partial charge >= 0.3 is 5.97 Å². The molecule has 0 spiro atoms. The molecule has 212 valence electrons. The largest absolute Gasteiger partial charge is 0.508 e. The molecule has 0 aliphatic heterocycles. The lowest BCUT2D eigenvalue weighted by Crippen LogP contribution is -2.58. The summed E-state index contributed by atoms with van der Waals surface area (Å²) < 4.78 is 0. The van der Waals surface area contributed by atoms with Crippen LogP contribution in [0, 0.1) is 5.92 Å². The van der Waals surface area contributed by atoms with Crippen molar-refractivity contribution in [3.63, 3.8) is 0 Å². The van der Waals surface area contributed by atoms with Crippen LogP contribution in [0.15, 0.2) is 29.3 Å². The van der Waals surface area contributed by atoms with Crippen molar-refractivity contribution >= 4 is 29.7 Å². The van der Waals surface area contributed by atoms with Gasteiger partial charge in [0.1, 0.15) is 23.9 Å². The van der Waals surface area contributed by atoms with Crippen molar-refractivity contribution in [2.24, 2.45) is 28.1 Å². The maximum atomic E-state index is 13.0. The number of carboxylic acids is 1. The number of phenols is 1. The molecule has 14 nitrogen and oxygen atoms in total. The lowest BCUT2D eigenvalue weighted by atomic mass is 9.98. The van der Waals surface area contributed by atoms with Gasteiger partial charge in [-0.25, -0.2) is 4.79 Å². The third-order valence-electron chi connectivity index (χ3n) is 5.94. The monoisotopic (exact) mass is 537 g/mol. The maximum absolute atomic E-state index is 13.0. The van der Waals surface area contributed by atoms with Crippen LogP contribution in [-0.2, 0) is 25.6 Å². The molecule has 3 amide bonds. The Morgan fingerprint density at radius 1 is 0.947 bits per heavy atom. The Hall–Kier alpha value is -3.91. The summed E-state index contributed by atoms with van der Waals surface area (Å²) in [7, 11) is 0. The Morgan fingerprint density at radius 3 is 2.03 bits per heavy atom. The van der Waals surface area contributed by atoms with Gasteiger partial charge in [-0.05, 0) is 36.5 Å². The van der Waals surface area contributed by atoms with Crippen molar-refractivity contribution in [1.29, 1.82) is 0 Å². The third kappa shape index (κ3) is 11.0. The molecule has 0 heterocycles. The summed E-state index contributed by atoms with van der Waals surface area (Å²) in [5, 5.41) is 35.9. The third-order valence-corrected chi connectivity index (χ3v) is 5.94. The van der Waals surface area contributed by atoms with Gasteiger partial charge in [-0.2, -0.15) is 0 Å². The molecule has 14 heteroatoms. The molecule has 0 bridgehead atoms. The fraction of sp³-hybridized carbons (Fsp3) is 0.542. The predicted octanol–water partition coefficient (Wildman–Crippen LogP) is -2.11. The molecule has 12 N–H and O–H groups in total. The van der Waals surface area contributed by atoms with Crippen LogP contribution in [-0.4, -0.2) is 82.3 Å². The number of phenolic OH excluding ortho intramolecular Hbond substituents is 1. The topological polar surface area (TPSA) is 255 Å². The lowest BCUT2D eigenvalue weighted by molar-refractivity contribution is -0.142. The van der Waals surface area contributed by atoms with E-state index in [0.717, 1.165) is 0 Å². The van der Waals surface area contributed by atoms with Crippen LogP contribution in [0.4, 0.5) is 0 Å². The van der Waals surface area contributed by atoms with E-state index in [1.54, 1.807) is 6.92 Å². The molecular formula is C24H39N7O7. The van der Waals surface area contributed by atoms with Crippen molar-refractivity contribution in [3.05, 3.63) is 29.8 Å². The van der Waals surface area contributed by atoms with E-state index in [0.29, 0.717) is 18.4 Å². The van der Waals surface area contributed by atoms with Crippen LogP contribution in [0.5, 0.6) is 5.75 Å². The maximum Gasteiger partial charge on any atom is 0.326 e. The molecule has 5 atom stereocenters. The number of aliphatic hydroxyl groups excluding tert-OH is 1. The summed E-state index contributed by atoms with van der Waals surface area (Å²) in [6.45, 7) is 3.01. The van der Waals surface area contributed by atoms with Gasteiger partial charge in [-0.15, -0.1) is 0 Å². The predicted molar refractivity (Wildman–Crippen MR) is 140 cm³/mol. The summed E-state index contributed by atoms with van der Waals surface area (Å²) in [5.74, 6) is -3.90. The number of amides is 3. The summed E-state index contributed by atoms with van der Waals surface area (Å²) in [4.78, 5) is 53.9. The van der Waals surface area contributed by atoms with E-state index in [1.165, 1.54) is 24.3 Å². The van der Waals surface area contributed by atoms with Crippen molar-refractivity contribution in [1.82, 2.24) is 16.0 Å². The SMILES string of the molecule is CCC(C)C(N)C(=O)NC(CCCN=C(N)N)C(=O)NC(CO)C(=O)NC(Cc1ccc(O)cc1)C(=O)O. The smallest absolute Gasteiger partial charge is 0.326 e. The molecule has 0 saturated heterocycles. The average Bonchev–Trinajstić information content (AvgIpc) is 2.88. The van der Waals surface area contributed by atoms with Crippen molar-refractivity contribution < 1.29 is 34.5 Å². The number of aliphatic imine (C=N–C) groups is 1. The molecular weight excluding hydrogens is 498 g/mol. The van der Waals surface area contributed by atoms with Gasteiger partial charge in [0, 0.05) is 13.0 Å². The first-order chi connectivity index (χ1) is 17.9. The fourth-order valence-corrected chi connectivity index (χ4v) is 3.36. The number of carbonyl (C=O) groups excluding carboxylic acids is 3. The summed E-state index contributed by atoms with van der Waals surface area (Å²) in [6.07, 6.45) is 0.931. The molecule has 0 aliphatic carbocycles. The molecule has 0 fully saturated rings. The van der Waals surface area contributed by atoms with E-state index in [1.807, 2.05) is 6.92 Å². The fourth-order valence-electron chi connectivity index (χ4n) is 3.36. The Morgan fingerprint density at radius 2 is 1.50 bits per heavy atom. The second kappa shape index (κ2) is 16.0. The first kappa shape index (κ1) is 32.1. The van der Waals surface area contributed by atoms with Crippen molar-refractivity contribution in [2.75, 3.05) is 13.2 Å². The first-order valence-electron chi connectivity index (χ1n) is 12.2. The molecule has 5 unspecified atom stereocenters. The number of nitrogens with two attached hydrogens (primary N) is 3. The minimum Gasteiger partial charge on any atom is -0.508 e. The van der Waals surface area contributed by atoms with Crippen LogP contribution in [0.2, 0.25) is 0 Å². The van der Waals surface area contributed by atoms with Gasteiger partial charge < -0.3 is 48.5 Å². The van der Waals surface area contributed by atoms with E-state index in [4.69, 9.17) is 17.2 Å². The number of nitrogens with zero attached hydrogens (tertiary/aromatic N) is 1. The second-order valence-electron chi connectivity index (χ2n) is 8.94. The number of nitrogens with one attached hydrogen (secondary N) is 3. The molecule has 1 aromatic rings. The zero-order chi connectivity index (χ0) is 28.8. The molecule has 0 radical (unpaired) electrons. The number of carboxylic acid groups (broad SMARTS) is 1. The number of hydrogen-bond donors (Lipinski definition) is 9. The van der Waals surface area contributed by atoms with Crippen molar-refractivity contribution in [2.45, 2.75) is 63.7 Å². The second-order valence-corrected chi connectivity index (χ2v) is 8.94. The minimum atomic E-state index is -1.50. The highest BCUT2D eigenvalue weighted by Gasteiger charge is 2.30. The average molecular weight is 538 g/mol. The summed E-state index contributed by atoms with van der Waals surface area (Å²) >= 11 is 0. The Balaban J connectivity index is 2.94. The van der Waals surface area contributed by atoms with E-state index >= 15 is 0 Å². The standard InChI is InChI=1S/C24H39N7O7/c1-3-13(2)19(25)22(36)29-16(5-4-10-28-24(26)27)20(34)31-18(12-32)21(35)30-17(23(37)38)11-14-6-8-15(33)9-7-14/h6-9,13,16-19,32-33H,3-5,10-12,25H2,1-2H3,(H,29,36)(H,30,35)(H,31,34)(H,37,38)(H4,26,27,28). The molecule has 1 rings (SSSR count). The van der Waals surface area contributed by atoms with E-state index in [2.05, 4.69) is 20.9 Å². The van der Waals surface area contributed by atoms with Gasteiger partial charge in [0.15, 0.2) is 5.96 Å². The zero-order valence-corrected chi connectivity index (χ0v) is 21.6. The van der Waals surface area contributed by atoms with Crippen molar-refractivity contribution in [3.8, 4) is 5.75 Å². The highest BCUT2D eigenvalue weighted by molar-refractivity contribution is 5.94. The highest BCUT2D eigenvalue weighted by Crippen LogP contribution is 2.12. The molecule has 0 saturated carbocycles. The van der Waals surface area contributed by atoms with Gasteiger partial charge in [0.25, 0.3) is 0 Å². The quantitative estimate of drug-likeness (QED) is 0.0630. The first-order valence-corrected chi connectivity index (χ1v) is 12.2. The van der Waals surface area contributed by atoms with E-state index < -0.39 is 54.5 Å². The molecule has 0 aromatic heterocycles. The van der Waals surface area contributed by atoms with E-state index in [9.17, 15) is 34.5 Å². The molecule has 38 heavy (non-hydrogen) atoms. The lowest BCUT2D eigenvalue weighted by Gasteiger charge is -2.25. The van der Waals surface area contributed by atoms with Crippen LogP contribution >= 0.6 is 0 Å². The van der Waals surface area contributed by atoms with Crippen LogP contribution in [0.3, 0.4) is 0 Å². The minimum absolute atomic E-state index is 0.00207. The number of hydrogen-bond acceptors (Lipinski definition) is 8. The van der Waals surface area contributed by atoms with E-state index in [-0.39, 0.29) is 37.0 Å². The number of aliphatic carboxylic acids is 1. The molecule has 0 aliphatic rings. The van der Waals surface area contributed by atoms with Crippen LogP contribution in [0.25, 0.3) is 0 Å². The Kier molecular flexibility index (Phi) is 13.6. The van der Waals surface area contributed by atoms with Gasteiger partial charge in [0.2, 0.25) is 17.7 Å². The van der Waals surface area contributed by atoms with Gasteiger partial charge in [-0.1, -0.05) is 32.4 Å². The number of guanidine groups is 1. The summed E-state index contributed by atoms with van der Waals surface area (Å²) in [6, 6.07) is 0.891. The van der Waals surface area contributed by atoms with Gasteiger partial charge in [-0.3, -0.25) is 19.4 Å². The Labute approximate surface area is 221 Å². The zero-order valence-electron chi connectivity index (χ0n) is 21.6. The van der Waals surface area contributed by atoms with Crippen LogP contribution in [0.1, 0.15) is 38.7 Å². The summed E-state index contributed by atoms with van der Waals surface area (Å²) in [5.41, 5.74) is 17.1. The molecule has 1 aromatic carbocycles. The number of aromatic hydroxyl groups is 1. The Bertz CT molecular complexity index is 967. The number of aliphatic hydroxyl groups is 1. The number of benzene rings is 1. The van der Waals surface area contributed by atoms with Crippen LogP contribution < -0.4 is 33.2 Å². The van der Waals surface area contributed by atoms with Gasteiger partial charge in [0.05, 0.1) is 12.6 Å².